The van der Waals surface area contributed by atoms with Gasteiger partial charge in [0.25, 0.3) is 5.91 Å². The topological polar surface area (TPSA) is 61.6 Å². The first-order chi connectivity index (χ1) is 6.90. The van der Waals surface area contributed by atoms with Crippen molar-refractivity contribution in [1.29, 1.82) is 0 Å². The Morgan fingerprint density at radius 3 is 2.40 bits per heavy atom. The van der Waals surface area contributed by atoms with E-state index in [4.69, 9.17) is 5.73 Å². The number of amides is 1. The minimum Gasteiger partial charge on any atom is -0.365 e. The van der Waals surface area contributed by atoms with Gasteiger partial charge < -0.3 is 10.6 Å². The molecule has 7 heteroatoms. The summed E-state index contributed by atoms with van der Waals surface area (Å²) in [5.41, 5.74) is 4.71. The van der Waals surface area contributed by atoms with E-state index in [9.17, 15) is 18.0 Å². The average molecular weight is 221 g/mol. The Balaban J connectivity index is 2.81. The van der Waals surface area contributed by atoms with E-state index in [2.05, 4.69) is 9.78 Å². The molecule has 0 spiro atoms. The molecule has 0 radical (unpaired) electrons. The highest BCUT2D eigenvalue weighted by molar-refractivity contribution is 5.95. The van der Waals surface area contributed by atoms with Gasteiger partial charge in [0, 0.05) is 0 Å². The highest BCUT2D eigenvalue weighted by atomic mass is 19.4. The summed E-state index contributed by atoms with van der Waals surface area (Å²) in [6.45, 7) is 0. The normalized spacial score (nSPS) is 11.1. The van der Waals surface area contributed by atoms with E-state index in [0.29, 0.717) is 0 Å². The zero-order chi connectivity index (χ0) is 11.5. The van der Waals surface area contributed by atoms with E-state index in [0.717, 1.165) is 6.07 Å². The number of rotatable bonds is 3. The molecular weight excluding hydrogens is 215 g/mol. The summed E-state index contributed by atoms with van der Waals surface area (Å²) in [7, 11) is 0. The number of carbonyl (C=O) groups excluding carboxylic acids is 1. The smallest absolute Gasteiger partial charge is 0.365 e. The SMILES string of the molecule is NC(=O)c1ccccc1OOC(F)(F)F. The van der Waals surface area contributed by atoms with Crippen LogP contribution in [0, 0.1) is 0 Å². The minimum absolute atomic E-state index is 0.193. The lowest BCUT2D eigenvalue weighted by atomic mass is 10.2. The summed E-state index contributed by atoms with van der Waals surface area (Å²) in [4.78, 5) is 17.8. The molecule has 0 saturated heterocycles. The third-order valence-corrected chi connectivity index (χ3v) is 1.38. The van der Waals surface area contributed by atoms with Crippen LogP contribution in [0.5, 0.6) is 5.75 Å². The maximum Gasteiger partial charge on any atom is 0.558 e. The summed E-state index contributed by atoms with van der Waals surface area (Å²) < 4.78 is 34.8. The van der Waals surface area contributed by atoms with Crippen molar-refractivity contribution in [2.75, 3.05) is 0 Å². The van der Waals surface area contributed by atoms with E-state index in [1.165, 1.54) is 18.2 Å². The Morgan fingerprint density at radius 2 is 1.87 bits per heavy atom. The van der Waals surface area contributed by atoms with Crippen LogP contribution < -0.4 is 10.6 Å². The van der Waals surface area contributed by atoms with Crippen molar-refractivity contribution in [1.82, 2.24) is 0 Å². The van der Waals surface area contributed by atoms with Gasteiger partial charge in [-0.1, -0.05) is 17.0 Å². The molecule has 0 atom stereocenters. The summed E-state index contributed by atoms with van der Waals surface area (Å²) >= 11 is 0. The molecule has 0 fully saturated rings. The molecule has 1 amide bonds. The molecule has 0 saturated carbocycles. The third-order valence-electron chi connectivity index (χ3n) is 1.38. The summed E-state index contributed by atoms with van der Waals surface area (Å²) in [5, 5.41) is 0. The predicted molar refractivity (Wildman–Crippen MR) is 42.7 cm³/mol. The first-order valence-corrected chi connectivity index (χ1v) is 3.71. The predicted octanol–water partition coefficient (Wildman–Crippen LogP) is 1.62. The van der Waals surface area contributed by atoms with Gasteiger partial charge >= 0.3 is 6.36 Å². The molecule has 15 heavy (non-hydrogen) atoms. The van der Waals surface area contributed by atoms with Crippen LogP contribution >= 0.6 is 0 Å². The van der Waals surface area contributed by atoms with Crippen molar-refractivity contribution < 1.29 is 27.7 Å². The van der Waals surface area contributed by atoms with Crippen LogP contribution in [0.4, 0.5) is 13.2 Å². The first-order valence-electron chi connectivity index (χ1n) is 3.71. The molecular formula is C8H6F3NO3. The summed E-state index contributed by atoms with van der Waals surface area (Å²) in [6, 6.07) is 5.16. The van der Waals surface area contributed by atoms with Crippen molar-refractivity contribution in [3.05, 3.63) is 29.8 Å². The van der Waals surface area contributed by atoms with Gasteiger partial charge in [0.15, 0.2) is 5.75 Å². The average Bonchev–Trinajstić information content (AvgIpc) is 2.14. The number of hydrogen-bond acceptors (Lipinski definition) is 3. The molecule has 1 aromatic rings. The van der Waals surface area contributed by atoms with Crippen LogP contribution in [-0.2, 0) is 4.89 Å². The van der Waals surface area contributed by atoms with Crippen LogP contribution in [0.15, 0.2) is 24.3 Å². The maximum atomic E-state index is 11.6. The number of para-hydroxylation sites is 1. The van der Waals surface area contributed by atoms with Gasteiger partial charge in [-0.2, -0.15) is 0 Å². The van der Waals surface area contributed by atoms with Crippen molar-refractivity contribution in [3.63, 3.8) is 0 Å². The summed E-state index contributed by atoms with van der Waals surface area (Å²) in [5.74, 6) is -1.29. The van der Waals surface area contributed by atoms with E-state index in [1.54, 1.807) is 0 Å². The molecule has 0 heterocycles. The fourth-order valence-electron chi connectivity index (χ4n) is 0.835. The van der Waals surface area contributed by atoms with Crippen LogP contribution in [-0.4, -0.2) is 12.3 Å². The van der Waals surface area contributed by atoms with E-state index >= 15 is 0 Å². The Hall–Kier alpha value is -1.76. The Morgan fingerprint density at radius 1 is 1.27 bits per heavy atom. The van der Waals surface area contributed by atoms with Gasteiger partial charge in [-0.05, 0) is 12.1 Å². The lowest BCUT2D eigenvalue weighted by Crippen LogP contribution is -2.18. The van der Waals surface area contributed by atoms with E-state index < -0.39 is 12.3 Å². The molecule has 0 bridgehead atoms. The van der Waals surface area contributed by atoms with Gasteiger partial charge in [-0.15, -0.1) is 13.2 Å². The second kappa shape index (κ2) is 4.18. The van der Waals surface area contributed by atoms with Gasteiger partial charge in [0.2, 0.25) is 0 Å². The highest BCUT2D eigenvalue weighted by Crippen LogP contribution is 2.22. The second-order valence-corrected chi connectivity index (χ2v) is 2.47. The molecule has 0 aliphatic heterocycles. The van der Waals surface area contributed by atoms with Gasteiger partial charge in [0.05, 0.1) is 5.56 Å². The van der Waals surface area contributed by atoms with Crippen LogP contribution in [0.25, 0.3) is 0 Å². The standard InChI is InChI=1S/C8H6F3NO3/c9-8(10,11)15-14-6-4-2-1-3-5(6)7(12)13/h1-4H,(H2,12,13). The number of benzene rings is 1. The van der Waals surface area contributed by atoms with Crippen molar-refractivity contribution in [3.8, 4) is 5.75 Å². The maximum absolute atomic E-state index is 11.6. The summed E-state index contributed by atoms with van der Waals surface area (Å²) in [6.07, 6.45) is -4.94. The molecule has 0 unspecified atom stereocenters. The number of carbonyl (C=O) groups is 1. The zero-order valence-electron chi connectivity index (χ0n) is 7.25. The molecule has 82 valence electrons. The van der Waals surface area contributed by atoms with Gasteiger partial charge in [-0.3, -0.25) is 4.79 Å². The van der Waals surface area contributed by atoms with Crippen LogP contribution in [0.2, 0.25) is 0 Å². The molecule has 2 N–H and O–H groups in total. The molecule has 1 aromatic carbocycles. The number of alkyl halides is 3. The molecule has 4 nitrogen and oxygen atoms in total. The molecule has 1 rings (SSSR count). The molecule has 0 aliphatic rings. The molecule has 0 aromatic heterocycles. The molecule has 0 aliphatic carbocycles. The number of nitrogens with two attached hydrogens (primary N) is 1. The third kappa shape index (κ3) is 3.47. The number of hydrogen-bond donors (Lipinski definition) is 1. The fraction of sp³-hybridized carbons (Fsp3) is 0.125. The van der Waals surface area contributed by atoms with Crippen molar-refractivity contribution >= 4 is 5.91 Å². The largest absolute Gasteiger partial charge is 0.558 e. The second-order valence-electron chi connectivity index (χ2n) is 2.47. The first kappa shape index (κ1) is 11.3. The zero-order valence-corrected chi connectivity index (χ0v) is 7.25. The lowest BCUT2D eigenvalue weighted by Gasteiger charge is -2.08. The minimum atomic E-state index is -4.94. The van der Waals surface area contributed by atoms with E-state index in [1.807, 2.05) is 0 Å². The fourth-order valence-corrected chi connectivity index (χ4v) is 0.835. The Bertz CT molecular complexity index is 364. The van der Waals surface area contributed by atoms with Crippen LogP contribution in [0.3, 0.4) is 0 Å². The number of primary amides is 1. The number of halogens is 3. The Labute approximate surface area is 82.3 Å². The Kier molecular flexibility index (Phi) is 3.15. The van der Waals surface area contributed by atoms with Gasteiger partial charge in [0.1, 0.15) is 0 Å². The highest BCUT2D eigenvalue weighted by Gasteiger charge is 2.32. The van der Waals surface area contributed by atoms with Gasteiger partial charge in [-0.25, -0.2) is 0 Å². The lowest BCUT2D eigenvalue weighted by molar-refractivity contribution is -0.444. The van der Waals surface area contributed by atoms with E-state index in [-0.39, 0.29) is 11.3 Å². The van der Waals surface area contributed by atoms with Crippen molar-refractivity contribution in [2.24, 2.45) is 5.73 Å². The quantitative estimate of drug-likeness (QED) is 0.623. The van der Waals surface area contributed by atoms with Crippen LogP contribution in [0.1, 0.15) is 10.4 Å². The monoisotopic (exact) mass is 221 g/mol. The van der Waals surface area contributed by atoms with Crippen molar-refractivity contribution in [2.45, 2.75) is 6.36 Å².